The first-order valence-corrected chi connectivity index (χ1v) is 9.41. The van der Waals surface area contributed by atoms with Crippen molar-refractivity contribution in [3.63, 3.8) is 0 Å². The average molecular weight is 379 g/mol. The standard InChI is InChI=1S/C22H21NO5/c1-11-21-22(2,10-16(26-3)27-11)23-18-15(28-21)9-8-14-17(18)20(25)13-7-5-4-6-12(13)19(14)24/h4-9,11,16,21,23H,10H2,1-3H3/t11-,16-,21?,22+/m0/s1. The van der Waals surface area contributed by atoms with Gasteiger partial charge in [0.05, 0.1) is 22.9 Å². The Balaban J connectivity index is 1.65. The van der Waals surface area contributed by atoms with Crippen LogP contribution < -0.4 is 10.1 Å². The van der Waals surface area contributed by atoms with E-state index in [9.17, 15) is 9.59 Å². The van der Waals surface area contributed by atoms with E-state index in [1.807, 2.05) is 13.8 Å². The van der Waals surface area contributed by atoms with Crippen molar-refractivity contribution in [2.75, 3.05) is 12.4 Å². The first-order valence-electron chi connectivity index (χ1n) is 9.41. The number of hydrogen-bond donors (Lipinski definition) is 1. The van der Waals surface area contributed by atoms with Gasteiger partial charge in [-0.1, -0.05) is 24.3 Å². The molecule has 2 aromatic rings. The molecule has 2 heterocycles. The van der Waals surface area contributed by atoms with Gasteiger partial charge in [-0.3, -0.25) is 9.59 Å². The number of fused-ring (bicyclic) bond motifs is 5. The lowest BCUT2D eigenvalue weighted by Crippen LogP contribution is -2.63. The first-order chi connectivity index (χ1) is 13.4. The normalized spacial score (nSPS) is 30.3. The Morgan fingerprint density at radius 3 is 2.50 bits per heavy atom. The van der Waals surface area contributed by atoms with E-state index in [-0.39, 0.29) is 30.1 Å². The van der Waals surface area contributed by atoms with E-state index < -0.39 is 5.54 Å². The van der Waals surface area contributed by atoms with Gasteiger partial charge in [0.15, 0.2) is 17.9 Å². The maximum atomic E-state index is 13.3. The predicted octanol–water partition coefficient (Wildman–Crippen LogP) is 3.17. The number of rotatable bonds is 1. The molecule has 2 aliphatic heterocycles. The first kappa shape index (κ1) is 17.4. The van der Waals surface area contributed by atoms with Crippen LogP contribution in [0.4, 0.5) is 5.69 Å². The molecular weight excluding hydrogens is 358 g/mol. The zero-order valence-corrected chi connectivity index (χ0v) is 15.9. The van der Waals surface area contributed by atoms with Gasteiger partial charge < -0.3 is 19.5 Å². The van der Waals surface area contributed by atoms with Crippen molar-refractivity contribution in [1.82, 2.24) is 0 Å². The minimum Gasteiger partial charge on any atom is -0.483 e. The van der Waals surface area contributed by atoms with Gasteiger partial charge in [0.25, 0.3) is 0 Å². The van der Waals surface area contributed by atoms with Gasteiger partial charge >= 0.3 is 0 Å². The Kier molecular flexibility index (Phi) is 3.66. The third-order valence-corrected chi connectivity index (χ3v) is 5.99. The van der Waals surface area contributed by atoms with Crippen LogP contribution in [0.5, 0.6) is 5.75 Å². The van der Waals surface area contributed by atoms with Crippen LogP contribution in [-0.2, 0) is 9.47 Å². The van der Waals surface area contributed by atoms with Crippen LogP contribution in [0.25, 0.3) is 0 Å². The van der Waals surface area contributed by atoms with Gasteiger partial charge in [-0.2, -0.15) is 0 Å². The Morgan fingerprint density at radius 1 is 1.07 bits per heavy atom. The molecule has 1 unspecified atom stereocenters. The highest BCUT2D eigenvalue weighted by molar-refractivity contribution is 6.30. The lowest BCUT2D eigenvalue weighted by atomic mass is 9.79. The fraction of sp³-hybridized carbons (Fsp3) is 0.364. The SMILES string of the molecule is CO[C@@H]1C[C@@]2(C)Nc3c(ccc4c3C(=O)c3ccccc3C4=O)OC2[C@H](C)O1. The van der Waals surface area contributed by atoms with E-state index in [4.69, 9.17) is 14.2 Å². The number of carbonyl (C=O) groups is 2. The summed E-state index contributed by atoms with van der Waals surface area (Å²) >= 11 is 0. The minimum absolute atomic E-state index is 0.141. The summed E-state index contributed by atoms with van der Waals surface area (Å²) in [6, 6.07) is 10.4. The highest BCUT2D eigenvalue weighted by Gasteiger charge is 2.51. The van der Waals surface area contributed by atoms with Gasteiger partial charge in [-0.05, 0) is 26.0 Å². The van der Waals surface area contributed by atoms with E-state index in [1.165, 1.54) is 0 Å². The number of carbonyl (C=O) groups excluding carboxylic acids is 2. The highest BCUT2D eigenvalue weighted by Crippen LogP contribution is 2.46. The second-order valence-corrected chi connectivity index (χ2v) is 7.86. The van der Waals surface area contributed by atoms with Gasteiger partial charge in [0, 0.05) is 30.2 Å². The monoisotopic (exact) mass is 379 g/mol. The largest absolute Gasteiger partial charge is 0.483 e. The summed E-state index contributed by atoms with van der Waals surface area (Å²) in [5.74, 6) is 0.258. The number of ketones is 2. The highest BCUT2D eigenvalue weighted by atomic mass is 16.7. The summed E-state index contributed by atoms with van der Waals surface area (Å²) in [7, 11) is 1.61. The van der Waals surface area contributed by atoms with Crippen molar-refractivity contribution >= 4 is 17.3 Å². The zero-order chi connectivity index (χ0) is 19.6. The lowest BCUT2D eigenvalue weighted by molar-refractivity contribution is -0.220. The molecule has 0 amide bonds. The van der Waals surface area contributed by atoms with Crippen molar-refractivity contribution in [3.8, 4) is 5.75 Å². The van der Waals surface area contributed by atoms with Crippen LogP contribution in [0.1, 0.15) is 52.1 Å². The summed E-state index contributed by atoms with van der Waals surface area (Å²) in [6.07, 6.45) is -0.253. The maximum Gasteiger partial charge on any atom is 0.196 e. The van der Waals surface area contributed by atoms with Gasteiger partial charge in [0.1, 0.15) is 11.9 Å². The molecule has 2 aromatic carbocycles. The molecule has 1 N–H and O–H groups in total. The molecule has 6 heteroatoms. The van der Waals surface area contributed by atoms with E-state index in [2.05, 4.69) is 5.32 Å². The molecule has 0 saturated carbocycles. The molecule has 5 rings (SSSR count). The maximum absolute atomic E-state index is 13.3. The van der Waals surface area contributed by atoms with Crippen LogP contribution in [0, 0.1) is 0 Å². The number of benzene rings is 2. The Hall–Kier alpha value is -2.70. The molecule has 0 bridgehead atoms. The lowest BCUT2D eigenvalue weighted by Gasteiger charge is -2.51. The Bertz CT molecular complexity index is 1020. The third kappa shape index (κ3) is 2.28. The number of methoxy groups -OCH3 is 1. The van der Waals surface area contributed by atoms with Gasteiger partial charge in [-0.15, -0.1) is 0 Å². The smallest absolute Gasteiger partial charge is 0.196 e. The molecule has 0 radical (unpaired) electrons. The number of hydrogen-bond acceptors (Lipinski definition) is 6. The van der Waals surface area contributed by atoms with E-state index in [1.54, 1.807) is 43.5 Å². The van der Waals surface area contributed by atoms with Crippen LogP contribution in [0.2, 0.25) is 0 Å². The van der Waals surface area contributed by atoms with Crippen molar-refractivity contribution in [2.45, 2.75) is 44.3 Å². The molecule has 1 fully saturated rings. The molecular formula is C22H21NO5. The van der Waals surface area contributed by atoms with Crippen LogP contribution in [0.15, 0.2) is 36.4 Å². The number of anilines is 1. The summed E-state index contributed by atoms with van der Waals surface area (Å²) in [6.45, 7) is 3.98. The summed E-state index contributed by atoms with van der Waals surface area (Å²) in [5, 5.41) is 3.52. The number of ether oxygens (including phenoxy) is 3. The zero-order valence-electron chi connectivity index (χ0n) is 15.9. The fourth-order valence-corrected chi connectivity index (χ4v) is 4.64. The quantitative estimate of drug-likeness (QED) is 0.700. The van der Waals surface area contributed by atoms with Crippen molar-refractivity contribution in [1.29, 1.82) is 0 Å². The summed E-state index contributed by atoms with van der Waals surface area (Å²) in [5.41, 5.74) is 1.74. The Labute approximate surface area is 162 Å². The predicted molar refractivity (Wildman–Crippen MR) is 102 cm³/mol. The van der Waals surface area contributed by atoms with Crippen molar-refractivity contribution in [2.24, 2.45) is 0 Å². The van der Waals surface area contributed by atoms with Crippen molar-refractivity contribution in [3.05, 3.63) is 58.7 Å². The third-order valence-electron chi connectivity index (χ3n) is 5.99. The molecule has 0 aromatic heterocycles. The summed E-state index contributed by atoms with van der Waals surface area (Å²) < 4.78 is 17.6. The summed E-state index contributed by atoms with van der Waals surface area (Å²) in [4.78, 5) is 26.3. The molecule has 28 heavy (non-hydrogen) atoms. The number of nitrogens with one attached hydrogen (secondary N) is 1. The Morgan fingerprint density at radius 2 is 1.79 bits per heavy atom. The molecule has 1 aliphatic carbocycles. The molecule has 1 saturated heterocycles. The second kappa shape index (κ2) is 5.90. The van der Waals surface area contributed by atoms with Crippen LogP contribution >= 0.6 is 0 Å². The van der Waals surface area contributed by atoms with Crippen molar-refractivity contribution < 1.29 is 23.8 Å². The molecule has 0 spiro atoms. The van der Waals surface area contributed by atoms with Gasteiger partial charge in [-0.25, -0.2) is 0 Å². The van der Waals surface area contributed by atoms with Crippen LogP contribution in [0.3, 0.4) is 0 Å². The second-order valence-electron chi connectivity index (χ2n) is 7.86. The van der Waals surface area contributed by atoms with E-state index in [0.29, 0.717) is 40.1 Å². The minimum atomic E-state index is -0.499. The van der Waals surface area contributed by atoms with Crippen LogP contribution in [-0.4, -0.2) is 42.7 Å². The van der Waals surface area contributed by atoms with E-state index >= 15 is 0 Å². The average Bonchev–Trinajstić information content (AvgIpc) is 2.69. The van der Waals surface area contributed by atoms with Gasteiger partial charge in [0.2, 0.25) is 0 Å². The topological polar surface area (TPSA) is 73.9 Å². The molecule has 4 atom stereocenters. The fourth-order valence-electron chi connectivity index (χ4n) is 4.64. The molecule has 144 valence electrons. The van der Waals surface area contributed by atoms with E-state index in [0.717, 1.165) is 0 Å². The molecule has 6 nitrogen and oxygen atoms in total. The molecule has 3 aliphatic rings.